The van der Waals surface area contributed by atoms with E-state index in [9.17, 15) is 0 Å². The fraction of sp³-hybridized carbons (Fsp3) is 0.692. The summed E-state index contributed by atoms with van der Waals surface area (Å²) in [6.07, 6.45) is 2.65. The Morgan fingerprint density at radius 3 is 2.79 bits per heavy atom. The van der Waals surface area contributed by atoms with Gasteiger partial charge in [-0.1, -0.05) is 0 Å². The van der Waals surface area contributed by atoms with Crippen LogP contribution in [0.25, 0.3) is 0 Å². The predicted octanol–water partition coefficient (Wildman–Crippen LogP) is 0.679. The maximum atomic E-state index is 5.79. The first-order valence-electron chi connectivity index (χ1n) is 6.90. The molecule has 2 fully saturated rings. The Bertz CT molecular complexity index is 464. The molecule has 1 aromatic rings. The van der Waals surface area contributed by atoms with Crippen LogP contribution in [0.3, 0.4) is 0 Å². The van der Waals surface area contributed by atoms with Crippen molar-refractivity contribution >= 4 is 17.6 Å². The third-order valence-electron chi connectivity index (χ3n) is 4.01. The molecule has 1 saturated heterocycles. The molecule has 2 aliphatic rings. The first-order chi connectivity index (χ1) is 9.08. The van der Waals surface area contributed by atoms with Crippen LogP contribution in [-0.4, -0.2) is 42.2 Å². The van der Waals surface area contributed by atoms with Crippen LogP contribution < -0.4 is 21.3 Å². The lowest BCUT2D eigenvalue weighted by Gasteiger charge is -2.48. The van der Waals surface area contributed by atoms with Gasteiger partial charge < -0.3 is 21.3 Å². The molecule has 0 atom stereocenters. The number of likely N-dealkylation sites (N-methyl/N-ethyl adjacent to an activating group) is 1. The molecule has 1 aliphatic carbocycles. The lowest BCUT2D eigenvalue weighted by atomic mass is 9.92. The smallest absolute Gasteiger partial charge is 0.223 e. The number of hydrogen-bond acceptors (Lipinski definition) is 6. The average Bonchev–Trinajstić information content (AvgIpc) is 3.16. The quantitative estimate of drug-likeness (QED) is 0.724. The number of nitrogens with two attached hydrogens (primary N) is 1. The number of aromatic nitrogens is 2. The summed E-state index contributed by atoms with van der Waals surface area (Å²) >= 11 is 0. The summed E-state index contributed by atoms with van der Waals surface area (Å²) < 4.78 is 0. The van der Waals surface area contributed by atoms with E-state index >= 15 is 0 Å². The maximum Gasteiger partial charge on any atom is 0.223 e. The average molecular weight is 262 g/mol. The van der Waals surface area contributed by atoms with E-state index < -0.39 is 0 Å². The third-order valence-corrected chi connectivity index (χ3v) is 4.01. The van der Waals surface area contributed by atoms with Crippen LogP contribution in [0.4, 0.5) is 17.6 Å². The molecule has 0 radical (unpaired) electrons. The van der Waals surface area contributed by atoms with Gasteiger partial charge in [0.05, 0.1) is 5.54 Å². The number of nitrogen functional groups attached to an aromatic ring is 1. The van der Waals surface area contributed by atoms with Gasteiger partial charge in [0.1, 0.15) is 11.6 Å². The summed E-state index contributed by atoms with van der Waals surface area (Å²) in [7, 11) is 1.99. The molecule has 3 rings (SSSR count). The molecule has 6 nitrogen and oxygen atoms in total. The number of nitrogens with one attached hydrogen (secondary N) is 2. The van der Waals surface area contributed by atoms with E-state index in [1.807, 2.05) is 13.1 Å². The fourth-order valence-electron chi connectivity index (χ4n) is 2.39. The first kappa shape index (κ1) is 12.5. The predicted molar refractivity (Wildman–Crippen MR) is 77.3 cm³/mol. The second-order valence-electron chi connectivity index (χ2n) is 5.96. The van der Waals surface area contributed by atoms with Crippen LogP contribution in [0.5, 0.6) is 0 Å². The van der Waals surface area contributed by atoms with Gasteiger partial charge in [0.25, 0.3) is 0 Å². The highest BCUT2D eigenvalue weighted by molar-refractivity contribution is 5.55. The topological polar surface area (TPSA) is 79.1 Å². The van der Waals surface area contributed by atoms with Crippen molar-refractivity contribution in [3.8, 4) is 0 Å². The summed E-state index contributed by atoms with van der Waals surface area (Å²) in [5.41, 5.74) is 5.98. The van der Waals surface area contributed by atoms with Gasteiger partial charge in [0.2, 0.25) is 5.95 Å². The lowest BCUT2D eigenvalue weighted by Crippen LogP contribution is -2.67. The van der Waals surface area contributed by atoms with E-state index in [2.05, 4.69) is 32.4 Å². The summed E-state index contributed by atoms with van der Waals surface area (Å²) in [4.78, 5) is 10.8. The summed E-state index contributed by atoms with van der Waals surface area (Å²) in [6.45, 7) is 5.09. The molecule has 4 N–H and O–H groups in total. The van der Waals surface area contributed by atoms with Gasteiger partial charge in [-0.2, -0.15) is 9.97 Å². The third kappa shape index (κ3) is 2.73. The van der Waals surface area contributed by atoms with E-state index in [1.165, 1.54) is 12.8 Å². The minimum atomic E-state index is 0.182. The summed E-state index contributed by atoms with van der Waals surface area (Å²) in [5, 5.41) is 6.68. The van der Waals surface area contributed by atoms with Crippen LogP contribution in [0, 0.1) is 5.92 Å². The molecule has 1 aliphatic heterocycles. The monoisotopic (exact) mass is 262 g/mol. The standard InChI is InChI=1S/C13H22N6/c1-13(15-2)7-19(8-13)11-5-10(17-12(14)18-11)16-6-9-3-4-9/h5,9,15H,3-4,6-8H2,1-2H3,(H3,14,16,17,18). The molecule has 19 heavy (non-hydrogen) atoms. The van der Waals surface area contributed by atoms with Gasteiger partial charge >= 0.3 is 0 Å². The van der Waals surface area contributed by atoms with E-state index in [4.69, 9.17) is 5.73 Å². The molecule has 0 bridgehead atoms. The molecular weight excluding hydrogens is 240 g/mol. The van der Waals surface area contributed by atoms with Gasteiger partial charge in [-0.3, -0.25) is 0 Å². The largest absolute Gasteiger partial charge is 0.370 e. The Hall–Kier alpha value is -1.56. The molecule has 0 spiro atoms. The van der Waals surface area contributed by atoms with Crippen molar-refractivity contribution in [1.82, 2.24) is 15.3 Å². The SMILES string of the molecule is CNC1(C)CN(c2cc(NCC3CC3)nc(N)n2)C1. The Morgan fingerprint density at radius 2 is 2.16 bits per heavy atom. The maximum absolute atomic E-state index is 5.79. The molecule has 0 unspecified atom stereocenters. The van der Waals surface area contributed by atoms with Gasteiger partial charge in [0.15, 0.2) is 0 Å². The number of rotatable bonds is 5. The highest BCUT2D eigenvalue weighted by atomic mass is 15.3. The normalized spacial score (nSPS) is 21.1. The Labute approximate surface area is 113 Å². The molecule has 0 aromatic carbocycles. The minimum Gasteiger partial charge on any atom is -0.370 e. The Morgan fingerprint density at radius 1 is 1.42 bits per heavy atom. The molecule has 6 heteroatoms. The van der Waals surface area contributed by atoms with E-state index in [-0.39, 0.29) is 5.54 Å². The Kier molecular flexibility index (Phi) is 2.97. The molecule has 1 aromatic heterocycles. The van der Waals surface area contributed by atoms with Gasteiger partial charge in [0, 0.05) is 25.7 Å². The molecule has 2 heterocycles. The van der Waals surface area contributed by atoms with Gasteiger partial charge in [-0.25, -0.2) is 0 Å². The van der Waals surface area contributed by atoms with Crippen molar-refractivity contribution in [1.29, 1.82) is 0 Å². The number of hydrogen-bond donors (Lipinski definition) is 3. The molecule has 104 valence electrons. The van der Waals surface area contributed by atoms with E-state index in [1.54, 1.807) is 0 Å². The van der Waals surface area contributed by atoms with Crippen LogP contribution in [-0.2, 0) is 0 Å². The Balaban J connectivity index is 1.67. The zero-order valence-corrected chi connectivity index (χ0v) is 11.6. The minimum absolute atomic E-state index is 0.182. The summed E-state index contributed by atoms with van der Waals surface area (Å²) in [6, 6.07) is 1.99. The van der Waals surface area contributed by atoms with Gasteiger partial charge in [-0.05, 0) is 32.7 Å². The summed E-state index contributed by atoms with van der Waals surface area (Å²) in [5.74, 6) is 2.91. The first-order valence-corrected chi connectivity index (χ1v) is 6.90. The van der Waals surface area contributed by atoms with Crippen molar-refractivity contribution in [2.45, 2.75) is 25.3 Å². The van der Waals surface area contributed by atoms with Gasteiger partial charge in [-0.15, -0.1) is 0 Å². The van der Waals surface area contributed by atoms with Crippen LogP contribution in [0.1, 0.15) is 19.8 Å². The molecule has 0 amide bonds. The number of anilines is 3. The number of nitrogens with zero attached hydrogens (tertiary/aromatic N) is 3. The van der Waals surface area contributed by atoms with Crippen molar-refractivity contribution < 1.29 is 0 Å². The highest BCUT2D eigenvalue weighted by Crippen LogP contribution is 2.30. The molecule has 1 saturated carbocycles. The second kappa shape index (κ2) is 4.52. The fourth-order valence-corrected chi connectivity index (χ4v) is 2.39. The second-order valence-corrected chi connectivity index (χ2v) is 5.96. The molecular formula is C13H22N6. The van der Waals surface area contributed by atoms with Crippen molar-refractivity contribution in [2.75, 3.05) is 42.6 Å². The van der Waals surface area contributed by atoms with Crippen LogP contribution in [0.2, 0.25) is 0 Å². The van der Waals surface area contributed by atoms with Crippen LogP contribution >= 0.6 is 0 Å². The van der Waals surface area contributed by atoms with Crippen molar-refractivity contribution in [3.05, 3.63) is 6.07 Å². The van der Waals surface area contributed by atoms with Crippen LogP contribution in [0.15, 0.2) is 6.07 Å². The van der Waals surface area contributed by atoms with E-state index in [0.717, 1.165) is 37.2 Å². The zero-order chi connectivity index (χ0) is 13.5. The van der Waals surface area contributed by atoms with E-state index in [0.29, 0.717) is 5.95 Å². The van der Waals surface area contributed by atoms with Crippen molar-refractivity contribution in [3.63, 3.8) is 0 Å². The van der Waals surface area contributed by atoms with Crippen molar-refractivity contribution in [2.24, 2.45) is 5.92 Å². The zero-order valence-electron chi connectivity index (χ0n) is 11.6. The lowest BCUT2D eigenvalue weighted by molar-refractivity contribution is 0.301. The highest BCUT2D eigenvalue weighted by Gasteiger charge is 2.38.